The summed E-state index contributed by atoms with van der Waals surface area (Å²) in [5.74, 6) is 2.17. The summed E-state index contributed by atoms with van der Waals surface area (Å²) in [6.45, 7) is 5.90. The minimum atomic E-state index is 0.479. The summed E-state index contributed by atoms with van der Waals surface area (Å²) in [6.07, 6.45) is 13.8. The summed E-state index contributed by atoms with van der Waals surface area (Å²) in [4.78, 5) is 0. The van der Waals surface area contributed by atoms with E-state index in [4.69, 9.17) is 0 Å². The molecule has 2 rings (SSSR count). The van der Waals surface area contributed by atoms with Crippen LogP contribution >= 0.6 is 11.8 Å². The molecule has 2 fully saturated rings. The van der Waals surface area contributed by atoms with E-state index in [0.717, 1.165) is 17.9 Å². The van der Waals surface area contributed by atoms with Crippen LogP contribution in [0.5, 0.6) is 0 Å². The first-order valence-corrected chi connectivity index (χ1v) is 9.24. The second kappa shape index (κ2) is 6.65. The third-order valence-corrected chi connectivity index (χ3v) is 7.03. The van der Waals surface area contributed by atoms with Crippen LogP contribution in [-0.2, 0) is 0 Å². The Hall–Kier alpha value is 0.310. The fourth-order valence-electron chi connectivity index (χ4n) is 3.60. The van der Waals surface area contributed by atoms with Crippen LogP contribution in [0, 0.1) is 11.8 Å². The first kappa shape index (κ1) is 14.7. The molecule has 2 aliphatic rings. The zero-order valence-corrected chi connectivity index (χ0v) is 13.3. The van der Waals surface area contributed by atoms with E-state index >= 15 is 0 Å². The molecule has 2 unspecified atom stereocenters. The Bertz CT molecular complexity index is 237. The number of nitrogens with one attached hydrogen (secondary N) is 1. The number of rotatable bonds is 7. The fourth-order valence-corrected chi connectivity index (χ4v) is 4.40. The van der Waals surface area contributed by atoms with Crippen molar-refractivity contribution < 1.29 is 0 Å². The van der Waals surface area contributed by atoms with Crippen LogP contribution in [0.3, 0.4) is 0 Å². The molecule has 2 atom stereocenters. The highest BCUT2D eigenvalue weighted by Crippen LogP contribution is 2.44. The SMILES string of the molecule is CCC(CC)(CNC1CCCC(C2CC2)C1)SC. The molecule has 1 nitrogen and oxygen atoms in total. The maximum absolute atomic E-state index is 3.91. The lowest BCUT2D eigenvalue weighted by molar-refractivity contribution is 0.255. The van der Waals surface area contributed by atoms with Crippen LogP contribution in [0.1, 0.15) is 65.2 Å². The number of thioether (sulfide) groups is 1. The molecule has 0 aliphatic heterocycles. The zero-order chi connectivity index (χ0) is 13.0. The average Bonchev–Trinajstić information content (AvgIpc) is 3.26. The van der Waals surface area contributed by atoms with Crippen molar-refractivity contribution in [3.8, 4) is 0 Å². The Morgan fingerprint density at radius 3 is 2.33 bits per heavy atom. The average molecular weight is 269 g/mol. The topological polar surface area (TPSA) is 12.0 Å². The van der Waals surface area contributed by atoms with Gasteiger partial charge in [-0.3, -0.25) is 0 Å². The molecule has 2 aliphatic carbocycles. The Morgan fingerprint density at radius 2 is 1.78 bits per heavy atom. The standard InChI is InChI=1S/C16H31NS/c1-4-16(5-2,18-3)12-17-15-8-6-7-14(11-15)13-9-10-13/h13-15,17H,4-12H2,1-3H3. The third-order valence-electron chi connectivity index (χ3n) is 5.44. The predicted molar refractivity (Wildman–Crippen MR) is 83.3 cm³/mol. The molecule has 0 aromatic carbocycles. The van der Waals surface area contributed by atoms with E-state index in [2.05, 4.69) is 37.2 Å². The molecule has 0 radical (unpaired) electrons. The monoisotopic (exact) mass is 269 g/mol. The highest BCUT2D eigenvalue weighted by molar-refractivity contribution is 8.00. The molecular weight excluding hydrogens is 238 g/mol. The molecule has 1 N–H and O–H groups in total. The van der Waals surface area contributed by atoms with Crippen LogP contribution in [0.4, 0.5) is 0 Å². The van der Waals surface area contributed by atoms with Crippen molar-refractivity contribution in [3.05, 3.63) is 0 Å². The van der Waals surface area contributed by atoms with Gasteiger partial charge in [0, 0.05) is 17.3 Å². The third kappa shape index (κ3) is 3.66. The molecule has 2 saturated carbocycles. The van der Waals surface area contributed by atoms with Gasteiger partial charge in [-0.2, -0.15) is 11.8 Å². The van der Waals surface area contributed by atoms with Gasteiger partial charge in [-0.05, 0) is 56.6 Å². The Labute approximate surface area is 118 Å². The first-order valence-electron chi connectivity index (χ1n) is 8.01. The molecule has 0 heterocycles. The largest absolute Gasteiger partial charge is 0.313 e. The minimum Gasteiger partial charge on any atom is -0.313 e. The molecule has 0 amide bonds. The van der Waals surface area contributed by atoms with Gasteiger partial charge >= 0.3 is 0 Å². The maximum atomic E-state index is 3.91. The fraction of sp³-hybridized carbons (Fsp3) is 1.00. The maximum Gasteiger partial charge on any atom is 0.0276 e. The quantitative estimate of drug-likeness (QED) is 0.732. The number of hydrogen-bond donors (Lipinski definition) is 1. The summed E-state index contributed by atoms with van der Waals surface area (Å²) >= 11 is 2.06. The highest BCUT2D eigenvalue weighted by Gasteiger charge is 2.35. The van der Waals surface area contributed by atoms with Gasteiger partial charge in [-0.25, -0.2) is 0 Å². The van der Waals surface area contributed by atoms with Crippen LogP contribution in [-0.4, -0.2) is 23.6 Å². The van der Waals surface area contributed by atoms with Crippen LogP contribution in [0.15, 0.2) is 0 Å². The zero-order valence-electron chi connectivity index (χ0n) is 12.5. The van der Waals surface area contributed by atoms with Gasteiger partial charge in [-0.1, -0.05) is 26.7 Å². The predicted octanol–water partition coefficient (Wildman–Crippen LogP) is 4.47. The van der Waals surface area contributed by atoms with Gasteiger partial charge in [0.2, 0.25) is 0 Å². The molecule has 0 aromatic heterocycles. The van der Waals surface area contributed by atoms with E-state index in [1.54, 1.807) is 0 Å². The van der Waals surface area contributed by atoms with Crippen molar-refractivity contribution in [3.63, 3.8) is 0 Å². The second-order valence-corrected chi connectivity index (χ2v) is 7.71. The van der Waals surface area contributed by atoms with Crippen molar-refractivity contribution in [1.29, 1.82) is 0 Å². The van der Waals surface area contributed by atoms with Gasteiger partial charge in [0.25, 0.3) is 0 Å². The van der Waals surface area contributed by atoms with Gasteiger partial charge < -0.3 is 5.32 Å². The van der Waals surface area contributed by atoms with E-state index in [0.29, 0.717) is 4.75 Å². The van der Waals surface area contributed by atoms with Crippen molar-refractivity contribution in [2.75, 3.05) is 12.8 Å². The molecule has 2 heteroatoms. The van der Waals surface area contributed by atoms with E-state index in [-0.39, 0.29) is 0 Å². The van der Waals surface area contributed by atoms with Crippen molar-refractivity contribution in [2.45, 2.75) is 76.0 Å². The Kier molecular flexibility index (Phi) is 5.44. The van der Waals surface area contributed by atoms with Gasteiger partial charge in [-0.15, -0.1) is 0 Å². The van der Waals surface area contributed by atoms with Gasteiger partial charge in [0.1, 0.15) is 0 Å². The molecule has 18 heavy (non-hydrogen) atoms. The second-order valence-electron chi connectivity index (χ2n) is 6.44. The summed E-state index contributed by atoms with van der Waals surface area (Å²) in [5, 5.41) is 3.91. The van der Waals surface area contributed by atoms with Gasteiger partial charge in [0.05, 0.1) is 0 Å². The van der Waals surface area contributed by atoms with E-state index in [9.17, 15) is 0 Å². The molecule has 106 valence electrons. The lowest BCUT2D eigenvalue weighted by Crippen LogP contribution is -2.43. The lowest BCUT2D eigenvalue weighted by Gasteiger charge is -2.35. The highest BCUT2D eigenvalue weighted by atomic mass is 32.2. The van der Waals surface area contributed by atoms with Crippen LogP contribution < -0.4 is 5.32 Å². The van der Waals surface area contributed by atoms with E-state index in [1.165, 1.54) is 57.9 Å². The molecule has 0 saturated heterocycles. The van der Waals surface area contributed by atoms with Crippen molar-refractivity contribution >= 4 is 11.8 Å². The van der Waals surface area contributed by atoms with Crippen LogP contribution in [0.25, 0.3) is 0 Å². The summed E-state index contributed by atoms with van der Waals surface area (Å²) < 4.78 is 0.479. The van der Waals surface area contributed by atoms with Crippen molar-refractivity contribution in [1.82, 2.24) is 5.32 Å². The number of hydrogen-bond acceptors (Lipinski definition) is 2. The molecule has 0 spiro atoms. The Morgan fingerprint density at radius 1 is 1.06 bits per heavy atom. The summed E-state index contributed by atoms with van der Waals surface area (Å²) in [5.41, 5.74) is 0. The minimum absolute atomic E-state index is 0.479. The molecular formula is C16H31NS. The van der Waals surface area contributed by atoms with Gasteiger partial charge in [0.15, 0.2) is 0 Å². The van der Waals surface area contributed by atoms with Crippen molar-refractivity contribution in [2.24, 2.45) is 11.8 Å². The summed E-state index contributed by atoms with van der Waals surface area (Å²) in [6, 6.07) is 0.814. The van der Waals surface area contributed by atoms with E-state index < -0.39 is 0 Å². The summed E-state index contributed by atoms with van der Waals surface area (Å²) in [7, 11) is 0. The molecule has 0 aromatic rings. The molecule has 0 bridgehead atoms. The normalized spacial score (nSPS) is 29.5. The Balaban J connectivity index is 1.77. The first-order chi connectivity index (χ1) is 8.73. The van der Waals surface area contributed by atoms with Crippen LogP contribution in [0.2, 0.25) is 0 Å². The lowest BCUT2D eigenvalue weighted by atomic mass is 9.82. The smallest absolute Gasteiger partial charge is 0.0276 e. The van der Waals surface area contributed by atoms with E-state index in [1.807, 2.05) is 0 Å².